The number of carboxylic acid groups (broad SMARTS) is 1. The van der Waals surface area contributed by atoms with Crippen LogP contribution in [0.15, 0.2) is 12.1 Å². The molecule has 0 aromatic heterocycles. The lowest BCUT2D eigenvalue weighted by Crippen LogP contribution is -2.76. The Morgan fingerprint density at radius 1 is 1.08 bits per heavy atom. The first-order valence-corrected chi connectivity index (χ1v) is 12.1. The van der Waals surface area contributed by atoms with Gasteiger partial charge in [0.2, 0.25) is 11.8 Å². The summed E-state index contributed by atoms with van der Waals surface area (Å²) in [5.41, 5.74) is -0.904. The summed E-state index contributed by atoms with van der Waals surface area (Å²) >= 11 is 0. The molecule has 3 saturated heterocycles. The van der Waals surface area contributed by atoms with Crippen LogP contribution in [0.2, 0.25) is 0 Å². The van der Waals surface area contributed by atoms with Crippen LogP contribution in [0.5, 0.6) is 0 Å². The fourth-order valence-electron chi connectivity index (χ4n) is 5.61. The Hall–Kier alpha value is -3.44. The standard InChI is InChI=1S/C24H29F2N5O5/c1-24(31(23(35)36)15-9-29(10-15)22(34)28(2)13-3-4-13)11-30(12-24)14-7-17(25)20(18(26)8-14)16-5-6-19(32)27-21(16)33/h7-8,13,15-16H,3-6,9-12H2,1-2H3,(H,35,36)(H,27,32,33). The van der Waals surface area contributed by atoms with Crippen molar-refractivity contribution < 1.29 is 33.1 Å². The molecule has 2 N–H and O–H groups in total. The number of nitrogens with zero attached hydrogens (tertiary/aromatic N) is 4. The lowest BCUT2D eigenvalue weighted by molar-refractivity contribution is -0.134. The largest absolute Gasteiger partial charge is 0.465 e. The first kappa shape index (κ1) is 24.3. The summed E-state index contributed by atoms with van der Waals surface area (Å²) in [5, 5.41) is 12.0. The van der Waals surface area contributed by atoms with Crippen molar-refractivity contribution in [3.05, 3.63) is 29.3 Å². The maximum Gasteiger partial charge on any atom is 0.408 e. The van der Waals surface area contributed by atoms with Crippen molar-refractivity contribution in [1.82, 2.24) is 20.0 Å². The van der Waals surface area contributed by atoms with Gasteiger partial charge in [-0.25, -0.2) is 18.4 Å². The normalized spacial score (nSPS) is 23.5. The maximum atomic E-state index is 14.9. The zero-order valence-electron chi connectivity index (χ0n) is 20.2. The minimum atomic E-state index is -1.10. The summed E-state index contributed by atoms with van der Waals surface area (Å²) in [4.78, 5) is 54.5. The quantitative estimate of drug-likeness (QED) is 0.592. The summed E-state index contributed by atoms with van der Waals surface area (Å²) in [6.07, 6.45) is 0.919. The van der Waals surface area contributed by atoms with Crippen LogP contribution in [-0.2, 0) is 9.59 Å². The van der Waals surface area contributed by atoms with Gasteiger partial charge in [-0.05, 0) is 38.3 Å². The van der Waals surface area contributed by atoms with Gasteiger partial charge in [-0.2, -0.15) is 0 Å². The van der Waals surface area contributed by atoms with E-state index in [1.165, 1.54) is 4.90 Å². The van der Waals surface area contributed by atoms with E-state index in [4.69, 9.17) is 0 Å². The lowest BCUT2D eigenvalue weighted by atomic mass is 9.86. The van der Waals surface area contributed by atoms with Gasteiger partial charge >= 0.3 is 12.1 Å². The van der Waals surface area contributed by atoms with Crippen molar-refractivity contribution in [3.63, 3.8) is 0 Å². The molecule has 1 atom stereocenters. The molecule has 1 saturated carbocycles. The van der Waals surface area contributed by atoms with Gasteiger partial charge in [0.15, 0.2) is 0 Å². The number of carbonyl (C=O) groups is 4. The topological polar surface area (TPSA) is 114 Å². The van der Waals surface area contributed by atoms with E-state index in [2.05, 4.69) is 5.32 Å². The van der Waals surface area contributed by atoms with E-state index in [1.807, 2.05) is 0 Å². The summed E-state index contributed by atoms with van der Waals surface area (Å²) < 4.78 is 29.9. The third-order valence-electron chi connectivity index (χ3n) is 7.76. The molecule has 12 heteroatoms. The monoisotopic (exact) mass is 505 g/mol. The van der Waals surface area contributed by atoms with Crippen LogP contribution in [0, 0.1) is 11.6 Å². The molecule has 3 aliphatic heterocycles. The molecule has 1 aliphatic carbocycles. The number of rotatable bonds is 5. The van der Waals surface area contributed by atoms with Gasteiger partial charge in [0, 0.05) is 56.9 Å². The van der Waals surface area contributed by atoms with E-state index in [0.29, 0.717) is 13.1 Å². The lowest BCUT2D eigenvalue weighted by Gasteiger charge is -2.58. The number of halogens is 2. The molecular formula is C24H29F2N5O5. The average molecular weight is 506 g/mol. The predicted molar refractivity (Wildman–Crippen MR) is 124 cm³/mol. The summed E-state index contributed by atoms with van der Waals surface area (Å²) in [6.45, 7) is 2.84. The molecule has 5 amide bonds. The molecule has 0 spiro atoms. The Morgan fingerprint density at radius 3 is 2.22 bits per heavy atom. The number of anilines is 1. The van der Waals surface area contributed by atoms with Crippen molar-refractivity contribution in [1.29, 1.82) is 0 Å². The van der Waals surface area contributed by atoms with Crippen LogP contribution in [0.25, 0.3) is 0 Å². The molecule has 1 aromatic rings. The van der Waals surface area contributed by atoms with E-state index in [9.17, 15) is 33.1 Å². The molecule has 3 heterocycles. The number of hydrogen-bond acceptors (Lipinski definition) is 5. The van der Waals surface area contributed by atoms with Crippen molar-refractivity contribution in [2.24, 2.45) is 0 Å². The smallest absolute Gasteiger partial charge is 0.408 e. The Kier molecular flexibility index (Phi) is 5.79. The third-order valence-corrected chi connectivity index (χ3v) is 7.76. The van der Waals surface area contributed by atoms with Gasteiger partial charge in [-0.15, -0.1) is 0 Å². The van der Waals surface area contributed by atoms with E-state index >= 15 is 0 Å². The first-order chi connectivity index (χ1) is 17.0. The first-order valence-electron chi connectivity index (χ1n) is 12.1. The SMILES string of the molecule is CN(C(=O)N1CC(N(C(=O)O)C2(C)CN(c3cc(F)c(C4CCC(=O)NC4=O)c(F)c3)C2)C1)C1CC1. The number of imide groups is 1. The molecule has 36 heavy (non-hydrogen) atoms. The van der Waals surface area contributed by atoms with Crippen LogP contribution < -0.4 is 10.2 Å². The third kappa shape index (κ3) is 4.11. The summed E-state index contributed by atoms with van der Waals surface area (Å²) in [6, 6.07) is 2.11. The van der Waals surface area contributed by atoms with Gasteiger partial charge < -0.3 is 19.8 Å². The molecule has 10 nitrogen and oxygen atoms in total. The Morgan fingerprint density at radius 2 is 1.69 bits per heavy atom. The number of piperidine rings is 1. The highest BCUT2D eigenvalue weighted by molar-refractivity contribution is 6.01. The van der Waals surface area contributed by atoms with Gasteiger partial charge in [-0.1, -0.05) is 0 Å². The van der Waals surface area contributed by atoms with E-state index in [0.717, 1.165) is 25.0 Å². The molecule has 0 radical (unpaired) electrons. The Labute approximate surface area is 206 Å². The molecular weight excluding hydrogens is 476 g/mol. The number of likely N-dealkylation sites (tertiary alicyclic amines) is 1. The Balaban J connectivity index is 1.24. The molecule has 5 rings (SSSR count). The van der Waals surface area contributed by atoms with E-state index in [1.54, 1.807) is 28.7 Å². The number of urea groups is 1. The second-order valence-electron chi connectivity index (χ2n) is 10.5. The highest BCUT2D eigenvalue weighted by Crippen LogP contribution is 2.38. The van der Waals surface area contributed by atoms with Gasteiger partial charge in [0.05, 0.1) is 17.5 Å². The van der Waals surface area contributed by atoms with Crippen LogP contribution >= 0.6 is 0 Å². The molecule has 4 fully saturated rings. The molecule has 194 valence electrons. The fraction of sp³-hybridized carbons (Fsp3) is 0.583. The van der Waals surface area contributed by atoms with Crippen LogP contribution in [0.3, 0.4) is 0 Å². The van der Waals surface area contributed by atoms with Crippen molar-refractivity contribution in [2.75, 3.05) is 38.1 Å². The van der Waals surface area contributed by atoms with Crippen LogP contribution in [0.4, 0.5) is 24.1 Å². The van der Waals surface area contributed by atoms with E-state index in [-0.39, 0.29) is 55.3 Å². The van der Waals surface area contributed by atoms with Gasteiger partial charge in [-0.3, -0.25) is 19.8 Å². The van der Waals surface area contributed by atoms with Crippen molar-refractivity contribution in [3.8, 4) is 0 Å². The summed E-state index contributed by atoms with van der Waals surface area (Å²) in [7, 11) is 1.76. The van der Waals surface area contributed by atoms with Crippen molar-refractivity contribution in [2.45, 2.75) is 56.1 Å². The van der Waals surface area contributed by atoms with Gasteiger partial charge in [0.1, 0.15) is 11.6 Å². The number of hydrogen-bond donors (Lipinski definition) is 2. The highest BCUT2D eigenvalue weighted by Gasteiger charge is 2.52. The van der Waals surface area contributed by atoms with Crippen LogP contribution in [-0.4, -0.2) is 94.6 Å². The molecule has 1 unspecified atom stereocenters. The maximum absolute atomic E-state index is 14.9. The predicted octanol–water partition coefficient (Wildman–Crippen LogP) is 1.94. The minimum Gasteiger partial charge on any atom is -0.465 e. The Bertz CT molecular complexity index is 1110. The summed E-state index contributed by atoms with van der Waals surface area (Å²) in [5.74, 6) is -4.02. The second kappa shape index (κ2) is 8.59. The van der Waals surface area contributed by atoms with Gasteiger partial charge in [0.25, 0.3) is 0 Å². The zero-order chi connectivity index (χ0) is 25.9. The second-order valence-corrected chi connectivity index (χ2v) is 10.5. The molecule has 4 aliphatic rings. The van der Waals surface area contributed by atoms with E-state index < -0.39 is 41.0 Å². The minimum absolute atomic E-state index is 0.00754. The van der Waals surface area contributed by atoms with Crippen molar-refractivity contribution >= 4 is 29.6 Å². The van der Waals surface area contributed by atoms with Crippen LogP contribution in [0.1, 0.15) is 44.1 Å². The fourth-order valence-corrected chi connectivity index (χ4v) is 5.61. The number of nitrogens with one attached hydrogen (secondary N) is 1. The highest BCUT2D eigenvalue weighted by atomic mass is 19.1. The zero-order valence-corrected chi connectivity index (χ0v) is 20.2. The average Bonchev–Trinajstić information content (AvgIpc) is 3.58. The molecule has 0 bridgehead atoms. The number of amides is 5. The number of benzene rings is 1. The molecule has 1 aromatic carbocycles. The number of carbonyl (C=O) groups excluding carboxylic acids is 3.